The molecular weight excluding hydrogens is 269 g/mol. The Morgan fingerprint density at radius 1 is 1.14 bits per heavy atom. The number of nitrogens with one attached hydrogen (secondary N) is 1. The molecular formula is C17H18FNO2. The summed E-state index contributed by atoms with van der Waals surface area (Å²) in [5.41, 5.74) is 1.55. The van der Waals surface area contributed by atoms with Crippen molar-refractivity contribution in [2.45, 2.75) is 18.9 Å². The molecule has 0 aliphatic rings. The van der Waals surface area contributed by atoms with Crippen LogP contribution in [0.25, 0.3) is 0 Å². The van der Waals surface area contributed by atoms with Crippen LogP contribution >= 0.6 is 0 Å². The molecule has 110 valence electrons. The fraction of sp³-hybridized carbons (Fsp3) is 0.235. The maximum atomic E-state index is 13.2. The predicted molar refractivity (Wildman–Crippen MR) is 79.6 cm³/mol. The zero-order valence-corrected chi connectivity index (χ0v) is 11.8. The monoisotopic (exact) mass is 287 g/mol. The SMILES string of the molecule is C[C@@H](NCC(C(=O)O)c1ccccc1)c1cccc(F)c1. The molecule has 0 fully saturated rings. The van der Waals surface area contributed by atoms with Crippen LogP contribution in [0.2, 0.25) is 0 Å². The van der Waals surface area contributed by atoms with Gasteiger partial charge < -0.3 is 10.4 Å². The van der Waals surface area contributed by atoms with E-state index in [1.807, 2.05) is 31.2 Å². The lowest BCUT2D eigenvalue weighted by atomic mass is 9.98. The standard InChI is InChI=1S/C17H18FNO2/c1-12(14-8-5-9-15(18)10-14)19-11-16(17(20)21)13-6-3-2-4-7-13/h2-10,12,16,19H,11H2,1H3,(H,20,21)/t12-,16?/m1/s1. The van der Waals surface area contributed by atoms with Crippen molar-refractivity contribution in [1.29, 1.82) is 0 Å². The van der Waals surface area contributed by atoms with E-state index in [1.165, 1.54) is 12.1 Å². The van der Waals surface area contributed by atoms with Crippen LogP contribution in [0, 0.1) is 5.82 Å². The molecule has 2 aromatic carbocycles. The highest BCUT2D eigenvalue weighted by atomic mass is 19.1. The Morgan fingerprint density at radius 2 is 1.81 bits per heavy atom. The number of hydrogen-bond acceptors (Lipinski definition) is 2. The van der Waals surface area contributed by atoms with Gasteiger partial charge in [0.15, 0.2) is 0 Å². The second-order valence-electron chi connectivity index (χ2n) is 4.99. The quantitative estimate of drug-likeness (QED) is 0.856. The number of halogens is 1. The van der Waals surface area contributed by atoms with Gasteiger partial charge in [-0.1, -0.05) is 42.5 Å². The van der Waals surface area contributed by atoms with Gasteiger partial charge in [-0.2, -0.15) is 0 Å². The van der Waals surface area contributed by atoms with Crippen molar-refractivity contribution in [2.75, 3.05) is 6.54 Å². The third-order valence-electron chi connectivity index (χ3n) is 3.48. The molecule has 21 heavy (non-hydrogen) atoms. The van der Waals surface area contributed by atoms with Gasteiger partial charge in [0, 0.05) is 12.6 Å². The first-order valence-electron chi connectivity index (χ1n) is 6.84. The van der Waals surface area contributed by atoms with Crippen LogP contribution < -0.4 is 5.32 Å². The first-order chi connectivity index (χ1) is 10.1. The molecule has 0 heterocycles. The molecule has 2 N–H and O–H groups in total. The topological polar surface area (TPSA) is 49.3 Å². The molecule has 3 nitrogen and oxygen atoms in total. The van der Waals surface area contributed by atoms with E-state index in [0.29, 0.717) is 0 Å². The van der Waals surface area contributed by atoms with E-state index < -0.39 is 11.9 Å². The number of carbonyl (C=O) groups is 1. The molecule has 2 rings (SSSR count). The Labute approximate surface area is 123 Å². The van der Waals surface area contributed by atoms with Crippen LogP contribution in [-0.2, 0) is 4.79 Å². The molecule has 0 amide bonds. The highest BCUT2D eigenvalue weighted by molar-refractivity contribution is 5.76. The van der Waals surface area contributed by atoms with Gasteiger partial charge in [-0.15, -0.1) is 0 Å². The van der Waals surface area contributed by atoms with E-state index in [9.17, 15) is 14.3 Å². The number of aliphatic carboxylic acids is 1. The maximum Gasteiger partial charge on any atom is 0.312 e. The Balaban J connectivity index is 2.04. The summed E-state index contributed by atoms with van der Waals surface area (Å²) < 4.78 is 13.2. The smallest absolute Gasteiger partial charge is 0.312 e. The molecule has 0 aliphatic heterocycles. The van der Waals surface area contributed by atoms with Crippen LogP contribution in [0.15, 0.2) is 54.6 Å². The zero-order chi connectivity index (χ0) is 15.2. The van der Waals surface area contributed by atoms with Crippen LogP contribution in [0.1, 0.15) is 30.0 Å². The van der Waals surface area contributed by atoms with Crippen LogP contribution in [0.4, 0.5) is 4.39 Å². The Morgan fingerprint density at radius 3 is 2.43 bits per heavy atom. The minimum Gasteiger partial charge on any atom is -0.481 e. The third-order valence-corrected chi connectivity index (χ3v) is 3.48. The number of carboxylic acid groups (broad SMARTS) is 1. The third kappa shape index (κ3) is 4.13. The number of hydrogen-bond donors (Lipinski definition) is 2. The van der Waals surface area contributed by atoms with Crippen molar-refractivity contribution in [3.63, 3.8) is 0 Å². The van der Waals surface area contributed by atoms with Gasteiger partial charge in [-0.25, -0.2) is 4.39 Å². The van der Waals surface area contributed by atoms with E-state index in [0.717, 1.165) is 11.1 Å². The second-order valence-corrected chi connectivity index (χ2v) is 4.99. The van der Waals surface area contributed by atoms with E-state index in [1.54, 1.807) is 18.2 Å². The largest absolute Gasteiger partial charge is 0.481 e. The van der Waals surface area contributed by atoms with Crippen molar-refractivity contribution < 1.29 is 14.3 Å². The molecule has 0 saturated carbocycles. The van der Waals surface area contributed by atoms with Gasteiger partial charge in [0.1, 0.15) is 5.82 Å². The van der Waals surface area contributed by atoms with E-state index >= 15 is 0 Å². The second kappa shape index (κ2) is 6.99. The van der Waals surface area contributed by atoms with Crippen molar-refractivity contribution >= 4 is 5.97 Å². The molecule has 0 aromatic heterocycles. The summed E-state index contributed by atoms with van der Waals surface area (Å²) in [6.07, 6.45) is 0. The highest BCUT2D eigenvalue weighted by Crippen LogP contribution is 2.18. The average molecular weight is 287 g/mol. The minimum absolute atomic E-state index is 0.119. The summed E-state index contributed by atoms with van der Waals surface area (Å²) in [4.78, 5) is 11.4. The summed E-state index contributed by atoms with van der Waals surface area (Å²) >= 11 is 0. The van der Waals surface area contributed by atoms with Gasteiger partial charge in [-0.05, 0) is 30.2 Å². The van der Waals surface area contributed by atoms with Gasteiger partial charge in [-0.3, -0.25) is 4.79 Å². The molecule has 1 unspecified atom stereocenters. The fourth-order valence-electron chi connectivity index (χ4n) is 2.22. The van der Waals surface area contributed by atoms with Gasteiger partial charge in [0.25, 0.3) is 0 Å². The molecule has 0 spiro atoms. The van der Waals surface area contributed by atoms with Crippen LogP contribution in [0.5, 0.6) is 0 Å². The summed E-state index contributed by atoms with van der Waals surface area (Å²) in [5, 5.41) is 12.5. The normalized spacial score (nSPS) is 13.6. The van der Waals surface area contributed by atoms with Gasteiger partial charge >= 0.3 is 5.97 Å². The van der Waals surface area contributed by atoms with E-state index in [-0.39, 0.29) is 18.4 Å². The molecule has 2 aromatic rings. The molecule has 0 aliphatic carbocycles. The summed E-state index contributed by atoms with van der Waals surface area (Å²) in [6.45, 7) is 2.18. The highest BCUT2D eigenvalue weighted by Gasteiger charge is 2.20. The number of benzene rings is 2. The lowest BCUT2D eigenvalue weighted by molar-refractivity contribution is -0.138. The summed E-state index contributed by atoms with van der Waals surface area (Å²) in [7, 11) is 0. The number of rotatable bonds is 6. The van der Waals surface area contributed by atoms with Crippen molar-refractivity contribution in [1.82, 2.24) is 5.32 Å². The Hall–Kier alpha value is -2.20. The van der Waals surface area contributed by atoms with Crippen molar-refractivity contribution in [2.24, 2.45) is 0 Å². The Bertz CT molecular complexity index is 601. The fourth-order valence-corrected chi connectivity index (χ4v) is 2.22. The Kier molecular flexibility index (Phi) is 5.06. The molecule has 0 radical (unpaired) electrons. The maximum absolute atomic E-state index is 13.2. The van der Waals surface area contributed by atoms with Crippen LogP contribution in [-0.4, -0.2) is 17.6 Å². The van der Waals surface area contributed by atoms with Gasteiger partial charge in [0.2, 0.25) is 0 Å². The lowest BCUT2D eigenvalue weighted by Crippen LogP contribution is -2.29. The summed E-state index contributed by atoms with van der Waals surface area (Å²) in [6, 6.07) is 15.3. The first-order valence-corrected chi connectivity index (χ1v) is 6.84. The predicted octanol–water partition coefficient (Wildman–Crippen LogP) is 3.34. The van der Waals surface area contributed by atoms with E-state index in [2.05, 4.69) is 5.32 Å². The van der Waals surface area contributed by atoms with Gasteiger partial charge in [0.05, 0.1) is 5.92 Å². The molecule has 0 bridgehead atoms. The minimum atomic E-state index is -0.875. The van der Waals surface area contributed by atoms with Crippen molar-refractivity contribution in [3.05, 3.63) is 71.5 Å². The lowest BCUT2D eigenvalue weighted by Gasteiger charge is -2.18. The zero-order valence-electron chi connectivity index (χ0n) is 11.8. The van der Waals surface area contributed by atoms with Crippen molar-refractivity contribution in [3.8, 4) is 0 Å². The molecule has 0 saturated heterocycles. The van der Waals surface area contributed by atoms with E-state index in [4.69, 9.17) is 0 Å². The van der Waals surface area contributed by atoms with Crippen LogP contribution in [0.3, 0.4) is 0 Å². The molecule has 2 atom stereocenters. The summed E-state index contributed by atoms with van der Waals surface area (Å²) in [5.74, 6) is -1.79. The molecule has 4 heteroatoms. The average Bonchev–Trinajstić information content (AvgIpc) is 2.48. The first kappa shape index (κ1) is 15.2. The number of carboxylic acids is 1.